The molecule has 0 amide bonds. The smallest absolute Gasteiger partial charge is 0.310 e. The van der Waals surface area contributed by atoms with Gasteiger partial charge in [-0.15, -0.1) is 0 Å². The summed E-state index contributed by atoms with van der Waals surface area (Å²) >= 11 is 0. The maximum atomic E-state index is 17.7. The van der Waals surface area contributed by atoms with Gasteiger partial charge >= 0.3 is 17.9 Å². The molecule has 84 heavy (non-hydrogen) atoms. The van der Waals surface area contributed by atoms with Gasteiger partial charge < -0.3 is 29.5 Å². The lowest BCUT2D eigenvalue weighted by Crippen LogP contribution is -2.92. The van der Waals surface area contributed by atoms with E-state index in [0.717, 1.165) is 141 Å². The minimum atomic E-state index is -3.43. The molecule has 0 unspecified atom stereocenters. The second-order valence-electron chi connectivity index (χ2n) is 29.0. The predicted molar refractivity (Wildman–Crippen MR) is 329 cm³/mol. The maximum Gasteiger partial charge on any atom is 0.310 e. The van der Waals surface area contributed by atoms with E-state index >= 15 is 28.8 Å². The number of carbonyl (C=O) groups is 6. The van der Waals surface area contributed by atoms with Crippen LogP contribution in [0.3, 0.4) is 0 Å². The molecule has 0 aromatic rings. The van der Waals surface area contributed by atoms with Crippen molar-refractivity contribution in [2.45, 2.75) is 346 Å². The Bertz CT molecular complexity index is 1940. The van der Waals surface area contributed by atoms with E-state index in [1.807, 2.05) is 0 Å². The highest BCUT2D eigenvalue weighted by Crippen LogP contribution is 2.59. The monoisotopic (exact) mass is 1180 g/mol. The molecule has 12 nitrogen and oxygen atoms in total. The van der Waals surface area contributed by atoms with Gasteiger partial charge in [-0.05, 0) is 190 Å². The molecule has 7 rings (SSSR count). The van der Waals surface area contributed by atoms with Crippen molar-refractivity contribution < 1.29 is 58.3 Å². The molecule has 12 heteroatoms. The van der Waals surface area contributed by atoms with Crippen molar-refractivity contribution in [1.82, 2.24) is 0 Å². The van der Waals surface area contributed by atoms with Crippen LogP contribution in [-0.2, 0) is 43.0 Å². The van der Waals surface area contributed by atoms with E-state index in [-0.39, 0.29) is 18.8 Å². The van der Waals surface area contributed by atoms with Crippen molar-refractivity contribution in [3.05, 3.63) is 0 Å². The van der Waals surface area contributed by atoms with E-state index in [1.54, 1.807) is 0 Å². The first-order valence-electron chi connectivity index (χ1n) is 35.9. The van der Waals surface area contributed by atoms with Crippen molar-refractivity contribution in [1.29, 1.82) is 0 Å². The molecule has 0 aromatic carbocycles. The van der Waals surface area contributed by atoms with E-state index in [9.17, 15) is 15.3 Å². The zero-order valence-corrected chi connectivity index (χ0v) is 53.9. The van der Waals surface area contributed by atoms with Crippen LogP contribution in [0, 0.1) is 71.0 Å². The number of esters is 3. The summed E-state index contributed by atoms with van der Waals surface area (Å²) in [7, 11) is 0. The number of aliphatic hydroxyl groups excluding tert-OH is 3. The average molecular weight is 1180 g/mol. The molecule has 0 bridgehead atoms. The molecule has 7 fully saturated rings. The first kappa shape index (κ1) is 68.8. The Balaban J connectivity index is 1.51. The number of unbranched alkanes of at least 4 members (excludes halogenated alkanes) is 6. The molecular weight excluding hydrogens is 1060 g/mol. The summed E-state index contributed by atoms with van der Waals surface area (Å²) in [5, 5.41) is 40.6. The molecule has 0 aromatic heterocycles. The van der Waals surface area contributed by atoms with Gasteiger partial charge in [0, 0.05) is 17.8 Å². The number of ketones is 3. The quantitative estimate of drug-likeness (QED) is 0.0456. The van der Waals surface area contributed by atoms with Crippen LogP contribution in [0.1, 0.15) is 311 Å². The lowest BCUT2D eigenvalue weighted by atomic mass is 9.49. The van der Waals surface area contributed by atoms with Crippen LogP contribution in [0.5, 0.6) is 0 Å². The molecule has 7 saturated carbocycles. The minimum Gasteiger partial charge on any atom is -0.443 e. The Labute approximate surface area is 508 Å². The van der Waals surface area contributed by atoms with Crippen LogP contribution in [-0.4, -0.2) is 85.7 Å². The van der Waals surface area contributed by atoms with Gasteiger partial charge in [0.25, 0.3) is 5.60 Å². The lowest BCUT2D eigenvalue weighted by Gasteiger charge is -2.63. The fourth-order valence-electron chi connectivity index (χ4n) is 17.7. The maximum absolute atomic E-state index is 17.7. The molecule has 3 N–H and O–H groups in total. The number of Topliss-reactive ketones (excluding diaryl/α,β-unsaturated/α-hetero) is 3. The molecule has 480 valence electrons. The number of aliphatic hydroxyl groups is 3. The Morgan fingerprint density at radius 3 is 0.726 bits per heavy atom. The topological polar surface area (TPSA) is 191 Å². The predicted octanol–water partition coefficient (Wildman–Crippen LogP) is 15.6. The molecule has 7 aliphatic rings. The van der Waals surface area contributed by atoms with Crippen LogP contribution in [0.2, 0.25) is 0 Å². The Kier molecular flexibility index (Phi) is 27.2. The number of ether oxygens (including phenoxy) is 3. The Hall–Kier alpha value is -2.70. The molecule has 6 atom stereocenters. The Morgan fingerprint density at radius 1 is 0.298 bits per heavy atom. The van der Waals surface area contributed by atoms with Crippen molar-refractivity contribution in [2.75, 3.05) is 0 Å². The molecule has 0 spiro atoms. The van der Waals surface area contributed by atoms with Crippen LogP contribution in [0.25, 0.3) is 0 Å². The number of hydrogen-bond donors (Lipinski definition) is 3. The van der Waals surface area contributed by atoms with Gasteiger partial charge in [0.1, 0.15) is 18.3 Å². The van der Waals surface area contributed by atoms with Crippen LogP contribution in [0.15, 0.2) is 0 Å². The van der Waals surface area contributed by atoms with Gasteiger partial charge in [-0.2, -0.15) is 0 Å². The number of carbonyl (C=O) groups excluding carboxylic acids is 6. The first-order valence-corrected chi connectivity index (χ1v) is 35.9. The van der Waals surface area contributed by atoms with E-state index in [4.69, 9.17) is 14.2 Å². The van der Waals surface area contributed by atoms with Crippen molar-refractivity contribution in [3.63, 3.8) is 0 Å². The van der Waals surface area contributed by atoms with Crippen LogP contribution in [0.4, 0.5) is 0 Å². The third-order valence-electron chi connectivity index (χ3n) is 23.4. The highest BCUT2D eigenvalue weighted by Gasteiger charge is 2.89. The molecule has 7 aliphatic carbocycles. The normalized spacial score (nSPS) is 37.6. The number of rotatable bonds is 30. The zero-order valence-electron chi connectivity index (χ0n) is 53.9. The summed E-state index contributed by atoms with van der Waals surface area (Å²) in [5.41, 5.74) is -10.0. The molecule has 0 heterocycles. The number of hydrogen-bond acceptors (Lipinski definition) is 12. The zero-order chi connectivity index (χ0) is 60.4. The molecule has 0 aliphatic heterocycles. The van der Waals surface area contributed by atoms with Gasteiger partial charge in [-0.3, -0.25) is 28.8 Å². The third-order valence-corrected chi connectivity index (χ3v) is 23.4. The van der Waals surface area contributed by atoms with Gasteiger partial charge in [0.2, 0.25) is 11.2 Å². The third kappa shape index (κ3) is 15.6. The van der Waals surface area contributed by atoms with E-state index in [2.05, 4.69) is 41.5 Å². The fourth-order valence-corrected chi connectivity index (χ4v) is 17.7. The summed E-state index contributed by atoms with van der Waals surface area (Å²) < 4.78 is 21.5. The van der Waals surface area contributed by atoms with E-state index < -0.39 is 106 Å². The summed E-state index contributed by atoms with van der Waals surface area (Å²) in [6.45, 7) is 12.9. The summed E-state index contributed by atoms with van der Waals surface area (Å²) in [6.07, 6.45) is 22.8. The summed E-state index contributed by atoms with van der Waals surface area (Å²) in [6, 6.07) is 0. The highest BCUT2D eigenvalue weighted by molar-refractivity contribution is 6.12. The first-order chi connectivity index (χ1) is 40.6. The van der Waals surface area contributed by atoms with Gasteiger partial charge in [-0.1, -0.05) is 157 Å². The molecular formula is C72H120O12. The lowest BCUT2D eigenvalue weighted by molar-refractivity contribution is -0.329. The molecule has 0 radical (unpaired) electrons. The van der Waals surface area contributed by atoms with E-state index in [0.29, 0.717) is 145 Å². The standard InChI is InChI=1S/C72H120O12/c1-7-13-19-49-25-37-55(38-26-49)62(74)70(82-67(79)58-43-31-52(32-44-58)22-16-10-4)65(77)61(73)66(78)71(63(75)56-39-27-50(28-40-56)20-14-8-2,83-68(80)59-45-33-53(34-46-59)23-17-11-5)72(70,64(76)57-41-29-51(30-42-57)21-15-9-3)84-69(81)60-47-35-54(36-48-60)24-18-12-6/h49-61,65-66,73,77-78H,7-48H2,1-6H3/t49-,50-,51-,52-,53-,54-,55-,56-,57-,58-,59-,60-,61-,65-,66+,70+,71-,72-. The van der Waals surface area contributed by atoms with Crippen molar-refractivity contribution in [3.8, 4) is 0 Å². The SMILES string of the molecule is CCCC[C@H]1CC[C@H](C(=O)O[C@@]2(C(=O)[C@H]3CC[C@H](CCCC)CC3)[C@@](OC(=O)[C@H]3CC[C@H](CCCC)CC3)(C(=O)[C@H]3CC[C@H](CCCC)CC3)[C@@H](O)[C@H](O)[C@@H](O)[C@@]2(OC(=O)[C@H]2CC[C@H](CCCC)CC2)C(=O)[C@H]2CC[C@H](CCCC)CC2)CC1. The Morgan fingerprint density at radius 2 is 0.500 bits per heavy atom. The van der Waals surface area contributed by atoms with Gasteiger partial charge in [-0.25, -0.2) is 0 Å². The fraction of sp³-hybridized carbons (Fsp3) is 0.917. The van der Waals surface area contributed by atoms with Gasteiger partial charge in [0.15, 0.2) is 17.3 Å². The van der Waals surface area contributed by atoms with Crippen LogP contribution >= 0.6 is 0 Å². The molecule has 0 saturated heterocycles. The van der Waals surface area contributed by atoms with Crippen LogP contribution < -0.4 is 0 Å². The minimum absolute atomic E-state index is 0.273. The summed E-state index contributed by atoms with van der Waals surface area (Å²) in [4.78, 5) is 100. The highest BCUT2D eigenvalue weighted by atomic mass is 16.7. The summed E-state index contributed by atoms with van der Waals surface area (Å²) in [5.74, 6) is -8.77. The van der Waals surface area contributed by atoms with Gasteiger partial charge in [0.05, 0.1) is 17.8 Å². The van der Waals surface area contributed by atoms with E-state index in [1.165, 1.54) is 0 Å². The second kappa shape index (κ2) is 33.2. The van der Waals surface area contributed by atoms with Crippen molar-refractivity contribution in [2.24, 2.45) is 71.0 Å². The largest absolute Gasteiger partial charge is 0.443 e. The average Bonchev–Trinajstić information content (AvgIpc) is 0.679. The second-order valence-corrected chi connectivity index (χ2v) is 29.0. The van der Waals surface area contributed by atoms with Crippen molar-refractivity contribution >= 4 is 35.3 Å².